The molecule has 0 aromatic heterocycles. The highest BCUT2D eigenvalue weighted by Crippen LogP contribution is 2.26. The van der Waals surface area contributed by atoms with E-state index >= 15 is 0 Å². The molecule has 1 aromatic rings. The van der Waals surface area contributed by atoms with Gasteiger partial charge in [0.1, 0.15) is 30.4 Å². The molecule has 0 aliphatic heterocycles. The standard InChI is InChI=1S/C21H25FO5/c1-21(2,14-20(25)26)13-17(23)7-5-3-4-6-8-18(24)15-27-19-11-9-16(22)10-12-19/h3-4,6,8-12,17-18,23-24H,13-15H2,1-2H3,(H,25,26)/b4-3+,8-6+. The van der Waals surface area contributed by atoms with Crippen LogP contribution in [0.2, 0.25) is 0 Å². The van der Waals surface area contributed by atoms with Gasteiger partial charge in [-0.25, -0.2) is 4.39 Å². The van der Waals surface area contributed by atoms with Gasteiger partial charge >= 0.3 is 5.97 Å². The second kappa shape index (κ2) is 11.2. The number of ether oxygens (including phenoxy) is 1. The molecule has 0 aliphatic carbocycles. The van der Waals surface area contributed by atoms with E-state index < -0.39 is 23.6 Å². The Morgan fingerprint density at radius 1 is 1.26 bits per heavy atom. The Kier molecular flexibility index (Phi) is 9.27. The summed E-state index contributed by atoms with van der Waals surface area (Å²) in [5.74, 6) is 4.49. The SMILES string of the molecule is CC(C)(CC(=O)O)CC(O)C#C/C=C/C=C/C(O)COc1ccc(F)cc1. The van der Waals surface area contributed by atoms with E-state index in [-0.39, 0.29) is 25.3 Å². The van der Waals surface area contributed by atoms with Gasteiger partial charge in [0, 0.05) is 0 Å². The molecule has 1 aromatic carbocycles. The molecule has 0 fully saturated rings. The lowest BCUT2D eigenvalue weighted by molar-refractivity contribution is -0.139. The number of benzene rings is 1. The van der Waals surface area contributed by atoms with Crippen LogP contribution in [0.3, 0.4) is 0 Å². The average Bonchev–Trinajstić information content (AvgIpc) is 2.55. The molecular weight excluding hydrogens is 351 g/mol. The van der Waals surface area contributed by atoms with Crippen LogP contribution in [0.1, 0.15) is 26.7 Å². The van der Waals surface area contributed by atoms with Gasteiger partial charge in [0.25, 0.3) is 0 Å². The number of allylic oxidation sites excluding steroid dienone is 3. The maximum absolute atomic E-state index is 12.8. The van der Waals surface area contributed by atoms with Crippen molar-refractivity contribution < 1.29 is 29.2 Å². The van der Waals surface area contributed by atoms with Crippen LogP contribution in [0.4, 0.5) is 4.39 Å². The van der Waals surface area contributed by atoms with Crippen LogP contribution in [0.25, 0.3) is 0 Å². The molecule has 0 spiro atoms. The first kappa shape index (κ1) is 22.4. The van der Waals surface area contributed by atoms with Crippen molar-refractivity contribution in [3.05, 3.63) is 54.4 Å². The summed E-state index contributed by atoms with van der Waals surface area (Å²) in [6.07, 6.45) is 4.68. The molecule has 3 N–H and O–H groups in total. The molecule has 0 saturated heterocycles. The minimum absolute atomic E-state index is 0.0268. The van der Waals surface area contributed by atoms with E-state index in [0.29, 0.717) is 5.75 Å². The Morgan fingerprint density at radius 3 is 2.56 bits per heavy atom. The molecule has 0 heterocycles. The normalized spacial score (nSPS) is 14.0. The van der Waals surface area contributed by atoms with Crippen LogP contribution >= 0.6 is 0 Å². The number of rotatable bonds is 9. The van der Waals surface area contributed by atoms with E-state index in [1.165, 1.54) is 36.4 Å². The second-order valence-electron chi connectivity index (χ2n) is 6.82. The fourth-order valence-corrected chi connectivity index (χ4v) is 2.26. The van der Waals surface area contributed by atoms with Crippen molar-refractivity contribution >= 4 is 5.97 Å². The second-order valence-corrected chi connectivity index (χ2v) is 6.82. The third-order valence-corrected chi connectivity index (χ3v) is 3.48. The van der Waals surface area contributed by atoms with Gasteiger partial charge in [0.05, 0.1) is 6.42 Å². The highest BCUT2D eigenvalue weighted by Gasteiger charge is 2.24. The Morgan fingerprint density at radius 2 is 1.93 bits per heavy atom. The summed E-state index contributed by atoms with van der Waals surface area (Å²) in [7, 11) is 0. The summed E-state index contributed by atoms with van der Waals surface area (Å²) >= 11 is 0. The maximum atomic E-state index is 12.8. The van der Waals surface area contributed by atoms with Gasteiger partial charge in [0.15, 0.2) is 0 Å². The van der Waals surface area contributed by atoms with E-state index in [4.69, 9.17) is 9.84 Å². The highest BCUT2D eigenvalue weighted by atomic mass is 19.1. The van der Waals surface area contributed by atoms with Crippen molar-refractivity contribution in [2.75, 3.05) is 6.61 Å². The van der Waals surface area contributed by atoms with Gasteiger partial charge in [0.2, 0.25) is 0 Å². The number of aliphatic hydroxyl groups excluding tert-OH is 2. The number of carboxylic acid groups (broad SMARTS) is 1. The first-order valence-electron chi connectivity index (χ1n) is 8.49. The molecular formula is C21H25FO5. The van der Waals surface area contributed by atoms with E-state index in [0.717, 1.165) is 0 Å². The Balaban J connectivity index is 2.35. The molecule has 0 aliphatic rings. The van der Waals surface area contributed by atoms with Crippen LogP contribution in [0, 0.1) is 23.1 Å². The zero-order chi connectivity index (χ0) is 20.3. The summed E-state index contributed by atoms with van der Waals surface area (Å²) in [6.45, 7) is 3.55. The molecule has 1 rings (SSSR count). The summed E-state index contributed by atoms with van der Waals surface area (Å²) < 4.78 is 18.1. The van der Waals surface area contributed by atoms with Crippen molar-refractivity contribution in [2.24, 2.45) is 5.41 Å². The predicted molar refractivity (Wildman–Crippen MR) is 101 cm³/mol. The number of aliphatic carboxylic acids is 1. The van der Waals surface area contributed by atoms with E-state index in [1.54, 1.807) is 26.0 Å². The maximum Gasteiger partial charge on any atom is 0.303 e. The average molecular weight is 376 g/mol. The number of carbonyl (C=O) groups is 1. The fraction of sp³-hybridized carbons (Fsp3) is 0.381. The molecule has 0 amide bonds. The van der Waals surface area contributed by atoms with E-state index in [2.05, 4.69) is 11.8 Å². The van der Waals surface area contributed by atoms with Gasteiger partial charge in [-0.1, -0.05) is 43.9 Å². The minimum Gasteiger partial charge on any atom is -0.491 e. The lowest BCUT2D eigenvalue weighted by atomic mass is 9.83. The third kappa shape index (κ3) is 10.9. The van der Waals surface area contributed by atoms with Crippen LogP contribution in [-0.4, -0.2) is 40.1 Å². The lowest BCUT2D eigenvalue weighted by Crippen LogP contribution is -2.22. The van der Waals surface area contributed by atoms with Crippen molar-refractivity contribution in [3.63, 3.8) is 0 Å². The zero-order valence-corrected chi connectivity index (χ0v) is 15.4. The molecule has 27 heavy (non-hydrogen) atoms. The number of carboxylic acids is 1. The van der Waals surface area contributed by atoms with Crippen molar-refractivity contribution in [1.29, 1.82) is 0 Å². The van der Waals surface area contributed by atoms with Gasteiger partial charge in [-0.2, -0.15) is 0 Å². The molecule has 0 bridgehead atoms. The van der Waals surface area contributed by atoms with Crippen molar-refractivity contribution in [2.45, 2.75) is 38.9 Å². The number of aliphatic hydroxyl groups is 2. The smallest absolute Gasteiger partial charge is 0.303 e. The third-order valence-electron chi connectivity index (χ3n) is 3.48. The number of halogens is 1. The Hall–Kier alpha value is -2.62. The molecule has 2 unspecified atom stereocenters. The quantitative estimate of drug-likeness (QED) is 0.456. The first-order chi connectivity index (χ1) is 12.7. The predicted octanol–water partition coefficient (Wildman–Crippen LogP) is 2.93. The molecule has 0 saturated carbocycles. The monoisotopic (exact) mass is 376 g/mol. The summed E-state index contributed by atoms with van der Waals surface area (Å²) in [5.41, 5.74) is -0.543. The number of hydrogen-bond donors (Lipinski definition) is 3. The molecule has 146 valence electrons. The van der Waals surface area contributed by atoms with Crippen LogP contribution in [-0.2, 0) is 4.79 Å². The molecule has 5 nitrogen and oxygen atoms in total. The Bertz CT molecular complexity index is 710. The van der Waals surface area contributed by atoms with E-state index in [9.17, 15) is 19.4 Å². The van der Waals surface area contributed by atoms with Crippen LogP contribution < -0.4 is 4.74 Å². The van der Waals surface area contributed by atoms with Gasteiger partial charge < -0.3 is 20.1 Å². The van der Waals surface area contributed by atoms with Crippen molar-refractivity contribution in [3.8, 4) is 17.6 Å². The minimum atomic E-state index is -0.914. The summed E-state index contributed by atoms with van der Waals surface area (Å²) in [4.78, 5) is 10.7. The van der Waals surface area contributed by atoms with Gasteiger partial charge in [-0.15, -0.1) is 0 Å². The summed E-state index contributed by atoms with van der Waals surface area (Å²) in [6, 6.07) is 5.50. The van der Waals surface area contributed by atoms with Crippen LogP contribution in [0.15, 0.2) is 48.6 Å². The molecule has 2 atom stereocenters. The fourth-order valence-electron chi connectivity index (χ4n) is 2.26. The number of hydrogen-bond acceptors (Lipinski definition) is 4. The highest BCUT2D eigenvalue weighted by molar-refractivity contribution is 5.67. The largest absolute Gasteiger partial charge is 0.491 e. The molecule has 0 radical (unpaired) electrons. The zero-order valence-electron chi connectivity index (χ0n) is 15.4. The van der Waals surface area contributed by atoms with E-state index in [1.807, 2.05) is 0 Å². The Labute approximate surface area is 158 Å². The molecule has 6 heteroatoms. The first-order valence-corrected chi connectivity index (χ1v) is 8.49. The van der Waals surface area contributed by atoms with Crippen molar-refractivity contribution in [1.82, 2.24) is 0 Å². The van der Waals surface area contributed by atoms with Crippen LogP contribution in [0.5, 0.6) is 5.75 Å². The van der Waals surface area contributed by atoms with Gasteiger partial charge in [-0.05, 0) is 42.2 Å². The van der Waals surface area contributed by atoms with Gasteiger partial charge in [-0.3, -0.25) is 4.79 Å². The topological polar surface area (TPSA) is 87.0 Å². The summed E-state index contributed by atoms with van der Waals surface area (Å²) in [5, 5.41) is 28.4. The lowest BCUT2D eigenvalue weighted by Gasteiger charge is -2.23.